The van der Waals surface area contributed by atoms with Crippen LogP contribution in [0, 0.1) is 0 Å². The lowest BCUT2D eigenvalue weighted by Gasteiger charge is -2.04. The van der Waals surface area contributed by atoms with Crippen LogP contribution < -0.4 is 5.32 Å². The van der Waals surface area contributed by atoms with Crippen molar-refractivity contribution in [2.45, 2.75) is 26.2 Å². The number of amides is 1. The molecule has 1 amide bonds. The smallest absolute Gasteiger partial charge is 0.231 e. The van der Waals surface area contributed by atoms with Crippen molar-refractivity contribution >= 4 is 29.0 Å². The Morgan fingerprint density at radius 3 is 2.88 bits per heavy atom. The summed E-state index contributed by atoms with van der Waals surface area (Å²) >= 11 is 5.65. The maximum absolute atomic E-state index is 11.4. The lowest BCUT2D eigenvalue weighted by Crippen LogP contribution is -2.16. The molecule has 0 aliphatic rings. The number of carbonyl (C=O) groups is 2. The summed E-state index contributed by atoms with van der Waals surface area (Å²) in [6.45, 7) is 1.90. The summed E-state index contributed by atoms with van der Waals surface area (Å²) in [5.74, 6) is -0.374. The van der Waals surface area contributed by atoms with E-state index in [-0.39, 0.29) is 18.1 Å². The first-order valence-corrected chi connectivity index (χ1v) is 5.42. The van der Waals surface area contributed by atoms with E-state index in [2.05, 4.69) is 10.3 Å². The molecule has 86 valence electrons. The van der Waals surface area contributed by atoms with E-state index in [1.54, 1.807) is 6.07 Å². The Morgan fingerprint density at radius 1 is 1.50 bits per heavy atom. The number of pyridine rings is 1. The highest BCUT2D eigenvalue weighted by atomic mass is 35.5. The van der Waals surface area contributed by atoms with Crippen LogP contribution in [0.5, 0.6) is 0 Å². The summed E-state index contributed by atoms with van der Waals surface area (Å²) in [5.41, 5.74) is 0.550. The Morgan fingerprint density at radius 2 is 2.25 bits per heavy atom. The van der Waals surface area contributed by atoms with Crippen molar-refractivity contribution in [3.63, 3.8) is 0 Å². The molecule has 0 aromatic carbocycles. The van der Waals surface area contributed by atoms with Crippen molar-refractivity contribution in [3.05, 3.63) is 23.5 Å². The molecular formula is C11H13ClN2O2. The van der Waals surface area contributed by atoms with Gasteiger partial charge in [0.1, 0.15) is 10.9 Å². The van der Waals surface area contributed by atoms with Crippen molar-refractivity contribution < 1.29 is 9.59 Å². The van der Waals surface area contributed by atoms with Crippen LogP contribution >= 0.6 is 11.6 Å². The van der Waals surface area contributed by atoms with Crippen LogP contribution in [0.4, 0.5) is 5.69 Å². The Hall–Kier alpha value is -1.42. The second-order valence-electron chi connectivity index (χ2n) is 3.38. The van der Waals surface area contributed by atoms with Gasteiger partial charge in [0, 0.05) is 18.3 Å². The summed E-state index contributed by atoms with van der Waals surface area (Å²) in [6, 6.07) is 3.15. The van der Waals surface area contributed by atoms with Crippen molar-refractivity contribution in [3.8, 4) is 0 Å². The van der Waals surface area contributed by atoms with Crippen LogP contribution in [0.15, 0.2) is 18.3 Å². The Labute approximate surface area is 99.0 Å². The van der Waals surface area contributed by atoms with Crippen LogP contribution in [-0.4, -0.2) is 16.7 Å². The van der Waals surface area contributed by atoms with Crippen molar-refractivity contribution in [2.75, 3.05) is 5.32 Å². The van der Waals surface area contributed by atoms with Gasteiger partial charge in [-0.2, -0.15) is 0 Å². The zero-order valence-electron chi connectivity index (χ0n) is 9.00. The molecule has 0 aliphatic carbocycles. The second kappa shape index (κ2) is 6.23. The highest BCUT2D eigenvalue weighted by Gasteiger charge is 2.08. The molecule has 0 saturated carbocycles. The Bertz CT molecular complexity index is 393. The fraction of sp³-hybridized carbons (Fsp3) is 0.364. The number of hydrogen-bond donors (Lipinski definition) is 1. The summed E-state index contributed by atoms with van der Waals surface area (Å²) in [6.07, 6.45) is 2.59. The molecule has 0 bridgehead atoms. The molecule has 4 nitrogen and oxygen atoms in total. The normalized spacial score (nSPS) is 9.88. The van der Waals surface area contributed by atoms with Crippen molar-refractivity contribution in [1.29, 1.82) is 0 Å². The number of hydrogen-bond acceptors (Lipinski definition) is 3. The Balaban J connectivity index is 2.48. The quantitative estimate of drug-likeness (QED) is 0.635. The number of aromatic nitrogens is 1. The third-order valence-electron chi connectivity index (χ3n) is 1.90. The minimum atomic E-state index is -0.319. The zero-order chi connectivity index (χ0) is 12.0. The number of ketones is 1. The number of halogens is 1. The lowest BCUT2D eigenvalue weighted by molar-refractivity contribution is -0.125. The summed E-state index contributed by atoms with van der Waals surface area (Å²) < 4.78 is 0. The van der Waals surface area contributed by atoms with E-state index in [0.29, 0.717) is 17.3 Å². The first-order chi connectivity index (χ1) is 7.61. The molecule has 1 rings (SSSR count). The van der Waals surface area contributed by atoms with Gasteiger partial charge >= 0.3 is 0 Å². The number of rotatable bonds is 5. The standard InChI is InChI=1S/C11H13ClN2O2/c1-2-3-9(15)7-11(16)14-8-4-5-13-10(12)6-8/h4-6H,2-3,7H2,1H3,(H,13,14,16). The minimum absolute atomic E-state index is 0.0554. The molecule has 0 fully saturated rings. The lowest BCUT2D eigenvalue weighted by atomic mass is 10.2. The molecule has 1 aromatic rings. The van der Waals surface area contributed by atoms with Gasteiger partial charge in [0.05, 0.1) is 6.42 Å². The van der Waals surface area contributed by atoms with Crippen molar-refractivity contribution in [2.24, 2.45) is 0 Å². The molecule has 0 radical (unpaired) electrons. The third-order valence-corrected chi connectivity index (χ3v) is 2.10. The highest BCUT2D eigenvalue weighted by molar-refractivity contribution is 6.29. The van der Waals surface area contributed by atoms with Crippen LogP contribution in [-0.2, 0) is 9.59 Å². The van der Waals surface area contributed by atoms with E-state index < -0.39 is 0 Å². The number of nitrogens with one attached hydrogen (secondary N) is 1. The molecule has 0 aliphatic heterocycles. The van der Waals surface area contributed by atoms with Gasteiger partial charge in [0.15, 0.2) is 0 Å². The molecule has 1 heterocycles. The maximum atomic E-state index is 11.4. The van der Waals surface area contributed by atoms with E-state index in [0.717, 1.165) is 6.42 Å². The second-order valence-corrected chi connectivity index (χ2v) is 3.77. The predicted molar refractivity (Wildman–Crippen MR) is 62.4 cm³/mol. The van der Waals surface area contributed by atoms with E-state index in [1.165, 1.54) is 12.3 Å². The molecule has 0 unspecified atom stereocenters. The van der Waals surface area contributed by atoms with E-state index in [4.69, 9.17) is 11.6 Å². The third kappa shape index (κ3) is 4.40. The Kier molecular flexibility index (Phi) is 4.92. The van der Waals surface area contributed by atoms with Gasteiger partial charge in [-0.25, -0.2) is 4.98 Å². The predicted octanol–water partition coefficient (Wildman–Crippen LogP) is 2.43. The largest absolute Gasteiger partial charge is 0.326 e. The van der Waals surface area contributed by atoms with Gasteiger partial charge in [0.25, 0.3) is 0 Å². The molecule has 1 N–H and O–H groups in total. The summed E-state index contributed by atoms with van der Waals surface area (Å²) in [4.78, 5) is 26.4. The minimum Gasteiger partial charge on any atom is -0.326 e. The van der Waals surface area contributed by atoms with Gasteiger partial charge < -0.3 is 5.32 Å². The van der Waals surface area contributed by atoms with E-state index >= 15 is 0 Å². The number of carbonyl (C=O) groups excluding carboxylic acids is 2. The zero-order valence-corrected chi connectivity index (χ0v) is 9.75. The van der Waals surface area contributed by atoms with Crippen molar-refractivity contribution in [1.82, 2.24) is 4.98 Å². The molecular weight excluding hydrogens is 228 g/mol. The number of Topliss-reactive ketones (excluding diaryl/α,β-unsaturated/α-hetero) is 1. The van der Waals surface area contributed by atoms with Crippen LogP contribution in [0.1, 0.15) is 26.2 Å². The van der Waals surface area contributed by atoms with Gasteiger partial charge in [-0.15, -0.1) is 0 Å². The van der Waals surface area contributed by atoms with Gasteiger partial charge in [-0.05, 0) is 18.6 Å². The fourth-order valence-corrected chi connectivity index (χ4v) is 1.41. The average molecular weight is 241 g/mol. The molecule has 16 heavy (non-hydrogen) atoms. The first kappa shape index (κ1) is 12.6. The number of nitrogens with zero attached hydrogens (tertiary/aromatic N) is 1. The molecule has 0 saturated heterocycles. The SMILES string of the molecule is CCCC(=O)CC(=O)Nc1ccnc(Cl)c1. The van der Waals surface area contributed by atoms with Gasteiger partial charge in [-0.3, -0.25) is 9.59 Å². The fourth-order valence-electron chi connectivity index (χ4n) is 1.23. The molecule has 0 atom stereocenters. The molecule has 5 heteroatoms. The van der Waals surface area contributed by atoms with Gasteiger partial charge in [0.2, 0.25) is 5.91 Å². The average Bonchev–Trinajstić information content (AvgIpc) is 2.17. The van der Waals surface area contributed by atoms with Gasteiger partial charge in [-0.1, -0.05) is 18.5 Å². The first-order valence-electron chi connectivity index (χ1n) is 5.05. The van der Waals surface area contributed by atoms with E-state index in [1.807, 2.05) is 6.92 Å². The monoisotopic (exact) mass is 240 g/mol. The molecule has 1 aromatic heterocycles. The van der Waals surface area contributed by atoms with Crippen LogP contribution in [0.3, 0.4) is 0 Å². The molecule has 0 spiro atoms. The highest BCUT2D eigenvalue weighted by Crippen LogP contribution is 2.12. The van der Waals surface area contributed by atoms with Crippen LogP contribution in [0.25, 0.3) is 0 Å². The number of anilines is 1. The topological polar surface area (TPSA) is 59.1 Å². The maximum Gasteiger partial charge on any atom is 0.231 e. The summed E-state index contributed by atoms with van der Waals surface area (Å²) in [7, 11) is 0. The van der Waals surface area contributed by atoms with Crippen LogP contribution in [0.2, 0.25) is 5.15 Å². The van der Waals surface area contributed by atoms with E-state index in [9.17, 15) is 9.59 Å². The summed E-state index contributed by atoms with van der Waals surface area (Å²) in [5, 5.41) is 2.89.